The molecule has 0 heterocycles. The Morgan fingerprint density at radius 3 is 2.33 bits per heavy atom. The van der Waals surface area contributed by atoms with Crippen molar-refractivity contribution in [3.8, 4) is 0 Å². The van der Waals surface area contributed by atoms with Gasteiger partial charge in [0.1, 0.15) is 5.78 Å². The molecule has 0 bridgehead atoms. The molecule has 0 spiro atoms. The third-order valence-corrected chi connectivity index (χ3v) is 2.69. The molecule has 0 aliphatic carbocycles. The molecule has 0 aliphatic heterocycles. The highest BCUT2D eigenvalue weighted by atomic mass is 16.5. The molecule has 0 amide bonds. The summed E-state index contributed by atoms with van der Waals surface area (Å²) in [5.74, 6) is 0.318. The van der Waals surface area contributed by atoms with E-state index in [0.29, 0.717) is 24.9 Å². The largest absolute Gasteiger partial charge is 0.383 e. The number of carbonyl (C=O) groups is 1. The molecule has 0 aromatic carbocycles. The molecule has 0 N–H and O–H groups in total. The Balaban J connectivity index is 3.90. The predicted octanol–water partition coefficient (Wildman–Crippen LogP) is 1.96. The third kappa shape index (κ3) is 5.90. The fourth-order valence-corrected chi connectivity index (χ4v) is 1.24. The minimum Gasteiger partial charge on any atom is -0.383 e. The fraction of sp³-hybridized carbons (Fsp3) is 0.917. The minimum absolute atomic E-state index is 0.217. The Bertz CT molecular complexity index is 196. The molecule has 1 unspecified atom stereocenters. The summed E-state index contributed by atoms with van der Waals surface area (Å²) in [6, 6.07) is 0.364. The summed E-state index contributed by atoms with van der Waals surface area (Å²) < 4.78 is 5.07. The second kappa shape index (κ2) is 6.23. The summed E-state index contributed by atoms with van der Waals surface area (Å²) in [5.41, 5.74) is -0.217. The molecule has 0 rings (SSSR count). The van der Waals surface area contributed by atoms with Gasteiger partial charge in [-0.1, -0.05) is 20.8 Å². The van der Waals surface area contributed by atoms with Crippen LogP contribution in [0.25, 0.3) is 0 Å². The molecule has 3 nitrogen and oxygen atoms in total. The quantitative estimate of drug-likeness (QED) is 0.678. The van der Waals surface area contributed by atoms with E-state index in [4.69, 9.17) is 4.74 Å². The smallest absolute Gasteiger partial charge is 0.139 e. The van der Waals surface area contributed by atoms with E-state index in [-0.39, 0.29) is 5.41 Å². The number of nitrogens with zero attached hydrogens (tertiary/aromatic N) is 1. The molecule has 1 atom stereocenters. The SMILES string of the molecule is COCC(C)N(C)CCC(=O)C(C)(C)C. The van der Waals surface area contributed by atoms with E-state index in [2.05, 4.69) is 11.8 Å². The van der Waals surface area contributed by atoms with E-state index in [1.54, 1.807) is 7.11 Å². The summed E-state index contributed by atoms with van der Waals surface area (Å²) in [6.45, 7) is 9.52. The Hall–Kier alpha value is -0.410. The number of Topliss-reactive ketones (excluding diaryl/α,β-unsaturated/α-hetero) is 1. The Morgan fingerprint density at radius 1 is 1.40 bits per heavy atom. The van der Waals surface area contributed by atoms with Gasteiger partial charge in [0.25, 0.3) is 0 Å². The lowest BCUT2D eigenvalue weighted by Crippen LogP contribution is -2.35. The zero-order valence-electron chi connectivity index (χ0n) is 11.0. The average Bonchev–Trinajstić information content (AvgIpc) is 2.12. The van der Waals surface area contributed by atoms with Gasteiger partial charge in [-0.15, -0.1) is 0 Å². The van der Waals surface area contributed by atoms with Crippen LogP contribution in [0, 0.1) is 5.41 Å². The van der Waals surface area contributed by atoms with Crippen LogP contribution in [0.1, 0.15) is 34.1 Å². The first-order valence-electron chi connectivity index (χ1n) is 5.51. The molecule has 0 aromatic heterocycles. The maximum atomic E-state index is 11.7. The van der Waals surface area contributed by atoms with Crippen LogP contribution in [-0.2, 0) is 9.53 Å². The first kappa shape index (κ1) is 14.6. The Labute approximate surface area is 93.8 Å². The first-order chi connectivity index (χ1) is 6.79. The van der Waals surface area contributed by atoms with Crippen molar-refractivity contribution in [1.82, 2.24) is 4.90 Å². The maximum absolute atomic E-state index is 11.7. The molecule has 0 saturated carbocycles. The number of hydrogen-bond acceptors (Lipinski definition) is 3. The molecule has 90 valence electrons. The van der Waals surface area contributed by atoms with Crippen LogP contribution in [0.3, 0.4) is 0 Å². The highest BCUT2D eigenvalue weighted by Gasteiger charge is 2.21. The highest BCUT2D eigenvalue weighted by molar-refractivity contribution is 5.83. The van der Waals surface area contributed by atoms with Crippen molar-refractivity contribution in [3.05, 3.63) is 0 Å². The van der Waals surface area contributed by atoms with E-state index in [1.807, 2.05) is 27.8 Å². The number of ketones is 1. The van der Waals surface area contributed by atoms with Gasteiger partial charge in [-0.3, -0.25) is 4.79 Å². The number of carbonyl (C=O) groups excluding carboxylic acids is 1. The first-order valence-corrected chi connectivity index (χ1v) is 5.51. The molecule has 15 heavy (non-hydrogen) atoms. The van der Waals surface area contributed by atoms with Crippen molar-refractivity contribution in [2.24, 2.45) is 5.41 Å². The van der Waals surface area contributed by atoms with Crippen molar-refractivity contribution in [2.45, 2.75) is 40.2 Å². The van der Waals surface area contributed by atoms with Gasteiger partial charge in [-0.25, -0.2) is 0 Å². The molecule has 0 aromatic rings. The third-order valence-electron chi connectivity index (χ3n) is 2.69. The van der Waals surface area contributed by atoms with Crippen LogP contribution in [0.4, 0.5) is 0 Å². The van der Waals surface area contributed by atoms with Crippen molar-refractivity contribution < 1.29 is 9.53 Å². The summed E-state index contributed by atoms with van der Waals surface area (Å²) in [7, 11) is 3.73. The molecule has 0 radical (unpaired) electrons. The summed E-state index contributed by atoms with van der Waals surface area (Å²) in [5, 5.41) is 0. The minimum atomic E-state index is -0.217. The van der Waals surface area contributed by atoms with E-state index < -0.39 is 0 Å². The van der Waals surface area contributed by atoms with Gasteiger partial charge in [0, 0.05) is 31.5 Å². The molecule has 0 aliphatic rings. The van der Waals surface area contributed by atoms with Crippen LogP contribution in [0.2, 0.25) is 0 Å². The van der Waals surface area contributed by atoms with Gasteiger partial charge >= 0.3 is 0 Å². The summed E-state index contributed by atoms with van der Waals surface area (Å²) in [6.07, 6.45) is 0.619. The van der Waals surface area contributed by atoms with Crippen LogP contribution in [0.5, 0.6) is 0 Å². The van der Waals surface area contributed by atoms with Gasteiger partial charge in [0.05, 0.1) is 6.61 Å². The standard InChI is InChI=1S/C12H25NO2/c1-10(9-15-6)13(5)8-7-11(14)12(2,3)4/h10H,7-9H2,1-6H3. The number of methoxy groups -OCH3 is 1. The molecular weight excluding hydrogens is 190 g/mol. The topological polar surface area (TPSA) is 29.5 Å². The van der Waals surface area contributed by atoms with E-state index in [1.165, 1.54) is 0 Å². The predicted molar refractivity (Wildman–Crippen MR) is 63.0 cm³/mol. The molecular formula is C12H25NO2. The lowest BCUT2D eigenvalue weighted by Gasteiger charge is -2.25. The average molecular weight is 215 g/mol. The number of likely N-dealkylation sites (N-methyl/N-ethyl adjacent to an activating group) is 1. The van der Waals surface area contributed by atoms with Crippen molar-refractivity contribution >= 4 is 5.78 Å². The van der Waals surface area contributed by atoms with Crippen molar-refractivity contribution in [3.63, 3.8) is 0 Å². The van der Waals surface area contributed by atoms with Gasteiger partial charge in [-0.05, 0) is 14.0 Å². The Morgan fingerprint density at radius 2 is 1.93 bits per heavy atom. The van der Waals surface area contributed by atoms with Crippen LogP contribution in [0.15, 0.2) is 0 Å². The maximum Gasteiger partial charge on any atom is 0.139 e. The number of rotatable bonds is 6. The van der Waals surface area contributed by atoms with Crippen molar-refractivity contribution in [2.75, 3.05) is 27.3 Å². The van der Waals surface area contributed by atoms with E-state index >= 15 is 0 Å². The van der Waals surface area contributed by atoms with Crippen LogP contribution in [-0.4, -0.2) is 44.0 Å². The summed E-state index contributed by atoms with van der Waals surface area (Å²) >= 11 is 0. The second-order valence-corrected chi connectivity index (χ2v) is 5.21. The second-order valence-electron chi connectivity index (χ2n) is 5.21. The summed E-state index contributed by atoms with van der Waals surface area (Å²) in [4.78, 5) is 13.9. The number of ether oxygens (including phenoxy) is 1. The zero-order valence-corrected chi connectivity index (χ0v) is 11.0. The van der Waals surface area contributed by atoms with Gasteiger partial charge in [0.2, 0.25) is 0 Å². The molecule has 3 heteroatoms. The van der Waals surface area contributed by atoms with E-state index in [0.717, 1.165) is 6.54 Å². The normalized spacial score (nSPS) is 14.3. The molecule has 0 saturated heterocycles. The van der Waals surface area contributed by atoms with Gasteiger partial charge < -0.3 is 9.64 Å². The van der Waals surface area contributed by atoms with E-state index in [9.17, 15) is 4.79 Å². The van der Waals surface area contributed by atoms with Gasteiger partial charge in [0.15, 0.2) is 0 Å². The van der Waals surface area contributed by atoms with Crippen molar-refractivity contribution in [1.29, 1.82) is 0 Å². The van der Waals surface area contributed by atoms with Crippen LogP contribution >= 0.6 is 0 Å². The lowest BCUT2D eigenvalue weighted by atomic mass is 9.89. The Kier molecular flexibility index (Phi) is 6.06. The van der Waals surface area contributed by atoms with Crippen LogP contribution < -0.4 is 0 Å². The fourth-order valence-electron chi connectivity index (χ4n) is 1.24. The molecule has 0 fully saturated rings. The highest BCUT2D eigenvalue weighted by Crippen LogP contribution is 2.16. The van der Waals surface area contributed by atoms with Gasteiger partial charge in [-0.2, -0.15) is 0 Å². The number of hydrogen-bond donors (Lipinski definition) is 0. The zero-order chi connectivity index (χ0) is 12.1. The lowest BCUT2D eigenvalue weighted by molar-refractivity contribution is -0.126. The monoisotopic (exact) mass is 215 g/mol.